The second kappa shape index (κ2) is 16.0. The third-order valence-corrected chi connectivity index (χ3v) is 8.45. The first-order valence-corrected chi connectivity index (χ1v) is 15.1. The van der Waals surface area contributed by atoms with Gasteiger partial charge in [0.15, 0.2) is 6.10 Å². The minimum Gasteiger partial charge on any atom is -0.452 e. The van der Waals surface area contributed by atoms with Crippen LogP contribution in [0.1, 0.15) is 66.7 Å². The Hall–Kier alpha value is -3.26. The van der Waals surface area contributed by atoms with E-state index in [1.54, 1.807) is 20.8 Å². The average Bonchev–Trinajstić information content (AvgIpc) is 3.46. The summed E-state index contributed by atoms with van der Waals surface area (Å²) in [6, 6.07) is -3.84. The van der Waals surface area contributed by atoms with Gasteiger partial charge in [-0.05, 0) is 31.6 Å². The van der Waals surface area contributed by atoms with E-state index >= 15 is 0 Å². The van der Waals surface area contributed by atoms with Crippen molar-refractivity contribution in [1.29, 1.82) is 0 Å². The SMILES string of the molecule is CCC(C)C1NC(=O)C2CCCN2C(=O)C(CC(O)CO)OC(=O)CCNC(=O)C(C)N(C)C(=O)C(C(C)C)N(C)C1=O. The lowest BCUT2D eigenvalue weighted by molar-refractivity contribution is -0.163. The maximum atomic E-state index is 13.9. The quantitative estimate of drug-likeness (QED) is 0.274. The zero-order valence-electron chi connectivity index (χ0n) is 26.4. The van der Waals surface area contributed by atoms with E-state index in [0.717, 1.165) is 0 Å². The molecule has 2 heterocycles. The third-order valence-electron chi connectivity index (χ3n) is 8.45. The molecule has 2 rings (SSSR count). The lowest BCUT2D eigenvalue weighted by Crippen LogP contribution is -2.60. The Kier molecular flexibility index (Phi) is 13.4. The zero-order valence-corrected chi connectivity index (χ0v) is 26.4. The van der Waals surface area contributed by atoms with Gasteiger partial charge in [-0.1, -0.05) is 34.1 Å². The summed E-state index contributed by atoms with van der Waals surface area (Å²) in [7, 11) is 2.96. The molecule has 4 N–H and O–H groups in total. The Balaban J connectivity index is 2.54. The van der Waals surface area contributed by atoms with Gasteiger partial charge in [0.25, 0.3) is 5.91 Å². The molecule has 0 spiro atoms. The van der Waals surface area contributed by atoms with Gasteiger partial charge in [-0.3, -0.25) is 28.8 Å². The second-order valence-electron chi connectivity index (χ2n) is 11.9. The number of esters is 1. The smallest absolute Gasteiger partial charge is 0.308 e. The average molecular weight is 612 g/mol. The van der Waals surface area contributed by atoms with Gasteiger partial charge in [0, 0.05) is 33.6 Å². The molecule has 0 aliphatic carbocycles. The van der Waals surface area contributed by atoms with Crippen LogP contribution in [0.25, 0.3) is 0 Å². The molecular formula is C29H49N5O9. The number of rotatable bonds is 6. The van der Waals surface area contributed by atoms with Crippen LogP contribution in [0.15, 0.2) is 0 Å². The number of nitrogens with zero attached hydrogens (tertiary/aromatic N) is 3. The van der Waals surface area contributed by atoms with Crippen LogP contribution in [0, 0.1) is 11.8 Å². The Morgan fingerprint density at radius 2 is 1.63 bits per heavy atom. The summed E-state index contributed by atoms with van der Waals surface area (Å²) in [4.78, 5) is 84.1. The van der Waals surface area contributed by atoms with Gasteiger partial charge in [-0.2, -0.15) is 0 Å². The van der Waals surface area contributed by atoms with Crippen LogP contribution < -0.4 is 10.6 Å². The zero-order chi connectivity index (χ0) is 32.6. The first-order chi connectivity index (χ1) is 20.2. The monoisotopic (exact) mass is 611 g/mol. The van der Waals surface area contributed by atoms with Gasteiger partial charge in [0.05, 0.1) is 19.1 Å². The third kappa shape index (κ3) is 8.88. The Morgan fingerprint density at radius 1 is 0.977 bits per heavy atom. The summed E-state index contributed by atoms with van der Waals surface area (Å²) >= 11 is 0. The molecule has 14 heteroatoms. The molecule has 0 aromatic rings. The van der Waals surface area contributed by atoms with Gasteiger partial charge < -0.3 is 40.3 Å². The molecule has 14 nitrogen and oxygen atoms in total. The number of nitrogens with one attached hydrogen (secondary N) is 2. The predicted molar refractivity (Wildman–Crippen MR) is 155 cm³/mol. The summed E-state index contributed by atoms with van der Waals surface area (Å²) in [5, 5.41) is 24.8. The van der Waals surface area contributed by atoms with Crippen molar-refractivity contribution in [1.82, 2.24) is 25.3 Å². The van der Waals surface area contributed by atoms with E-state index in [1.165, 1.54) is 35.7 Å². The van der Waals surface area contributed by atoms with E-state index < -0.39 is 84.9 Å². The first kappa shape index (κ1) is 35.9. The van der Waals surface area contributed by atoms with E-state index in [0.29, 0.717) is 19.3 Å². The highest BCUT2D eigenvalue weighted by molar-refractivity contribution is 5.96. The number of carbonyl (C=O) groups excluding carboxylic acids is 6. The molecule has 0 aromatic carbocycles. The van der Waals surface area contributed by atoms with Crippen molar-refractivity contribution >= 4 is 35.5 Å². The van der Waals surface area contributed by atoms with E-state index in [4.69, 9.17) is 4.74 Å². The minimum absolute atomic E-state index is 0.148. The van der Waals surface area contributed by atoms with Gasteiger partial charge in [-0.25, -0.2) is 0 Å². The second-order valence-corrected chi connectivity index (χ2v) is 11.9. The molecule has 244 valence electrons. The van der Waals surface area contributed by atoms with Crippen LogP contribution in [-0.4, -0.2) is 131 Å². The number of likely N-dealkylation sites (N-methyl/N-ethyl adjacent to an activating group) is 2. The van der Waals surface area contributed by atoms with Gasteiger partial charge >= 0.3 is 5.97 Å². The molecule has 43 heavy (non-hydrogen) atoms. The number of hydrogen-bond donors (Lipinski definition) is 4. The number of ether oxygens (including phenoxy) is 1. The summed E-state index contributed by atoms with van der Waals surface area (Å²) in [6.07, 6.45) is -2.21. The van der Waals surface area contributed by atoms with E-state index in [1.807, 2.05) is 6.92 Å². The predicted octanol–water partition coefficient (Wildman–Crippen LogP) is -0.987. The summed E-state index contributed by atoms with van der Waals surface area (Å²) < 4.78 is 5.38. The Labute approximate surface area is 253 Å². The van der Waals surface area contributed by atoms with Crippen molar-refractivity contribution in [2.75, 3.05) is 33.8 Å². The molecule has 2 aliphatic heterocycles. The summed E-state index contributed by atoms with van der Waals surface area (Å²) in [5.41, 5.74) is 0. The number of amides is 5. The van der Waals surface area contributed by atoms with Gasteiger partial charge in [0.1, 0.15) is 24.2 Å². The molecule has 2 aliphatic rings. The molecule has 7 unspecified atom stereocenters. The number of cyclic esters (lactones) is 1. The number of fused-ring (bicyclic) bond motifs is 1. The highest BCUT2D eigenvalue weighted by Gasteiger charge is 2.43. The van der Waals surface area contributed by atoms with Crippen molar-refractivity contribution in [3.63, 3.8) is 0 Å². The molecule has 5 amide bonds. The standard InChI is InChI=1S/C29H49N5O9/c1-8-17(4)23-28(41)33(7)24(16(2)3)29(42)32(6)18(5)25(38)30-12-11-22(37)43-21(14-19(36)15-35)27(40)34-13-9-10-20(34)26(39)31-23/h16-21,23-24,35-36H,8-15H2,1-7H3,(H,30,38)(H,31,39). The van der Waals surface area contributed by atoms with Crippen LogP contribution in [0.5, 0.6) is 0 Å². The van der Waals surface area contributed by atoms with Crippen molar-refractivity contribution in [3.8, 4) is 0 Å². The van der Waals surface area contributed by atoms with E-state index in [9.17, 15) is 39.0 Å². The first-order valence-electron chi connectivity index (χ1n) is 15.1. The lowest BCUT2D eigenvalue weighted by Gasteiger charge is -2.38. The number of hydrogen-bond acceptors (Lipinski definition) is 9. The topological polar surface area (TPSA) is 186 Å². The molecule has 2 saturated heterocycles. The van der Waals surface area contributed by atoms with Crippen molar-refractivity contribution in [2.24, 2.45) is 11.8 Å². The summed E-state index contributed by atoms with van der Waals surface area (Å²) in [6.45, 7) is 8.14. The molecule has 0 aromatic heterocycles. The molecule has 0 radical (unpaired) electrons. The molecule has 2 fully saturated rings. The fourth-order valence-corrected chi connectivity index (χ4v) is 5.42. The fraction of sp³-hybridized carbons (Fsp3) is 0.793. The largest absolute Gasteiger partial charge is 0.452 e. The molecule has 0 bridgehead atoms. The van der Waals surface area contributed by atoms with Crippen LogP contribution >= 0.6 is 0 Å². The lowest BCUT2D eigenvalue weighted by atomic mass is 9.94. The van der Waals surface area contributed by atoms with Gasteiger partial charge in [0.2, 0.25) is 23.6 Å². The molecule has 7 atom stereocenters. The van der Waals surface area contributed by atoms with Crippen LogP contribution in [0.2, 0.25) is 0 Å². The highest BCUT2D eigenvalue weighted by Crippen LogP contribution is 2.23. The Morgan fingerprint density at radius 3 is 2.21 bits per heavy atom. The maximum Gasteiger partial charge on any atom is 0.308 e. The van der Waals surface area contributed by atoms with Crippen molar-refractivity contribution < 1.29 is 43.7 Å². The van der Waals surface area contributed by atoms with Crippen molar-refractivity contribution in [3.05, 3.63) is 0 Å². The number of carbonyl (C=O) groups is 6. The molecule has 0 saturated carbocycles. The minimum atomic E-state index is -1.48. The maximum absolute atomic E-state index is 13.9. The number of aliphatic hydroxyl groups excluding tert-OH is 2. The highest BCUT2D eigenvalue weighted by atomic mass is 16.5. The van der Waals surface area contributed by atoms with Gasteiger partial charge in [-0.15, -0.1) is 0 Å². The normalized spacial score (nSPS) is 28.9. The van der Waals surface area contributed by atoms with Crippen molar-refractivity contribution in [2.45, 2.75) is 103 Å². The van der Waals surface area contributed by atoms with Crippen LogP contribution in [0.4, 0.5) is 0 Å². The van der Waals surface area contributed by atoms with E-state index in [2.05, 4.69) is 10.6 Å². The van der Waals surface area contributed by atoms with E-state index in [-0.39, 0.29) is 31.3 Å². The number of aliphatic hydroxyl groups is 2. The summed E-state index contributed by atoms with van der Waals surface area (Å²) in [5.74, 6) is -4.22. The van der Waals surface area contributed by atoms with Crippen LogP contribution in [0.3, 0.4) is 0 Å². The van der Waals surface area contributed by atoms with Crippen LogP contribution in [-0.2, 0) is 33.5 Å². The Bertz CT molecular complexity index is 1040. The molecular weight excluding hydrogens is 562 g/mol. The fourth-order valence-electron chi connectivity index (χ4n) is 5.42.